The van der Waals surface area contributed by atoms with Gasteiger partial charge in [0.1, 0.15) is 0 Å². The van der Waals surface area contributed by atoms with E-state index in [1.165, 1.54) is 0 Å². The number of rotatable bonds is 3. The molecule has 0 aromatic heterocycles. The third kappa shape index (κ3) is 3.04. The predicted octanol–water partition coefficient (Wildman–Crippen LogP) is 1.49. The zero-order valence-corrected chi connectivity index (χ0v) is 7.61. The summed E-state index contributed by atoms with van der Waals surface area (Å²) < 4.78 is 7.47. The van der Waals surface area contributed by atoms with Crippen molar-refractivity contribution in [3.63, 3.8) is 0 Å². The minimum Gasteiger partial charge on any atom is -0.348 e. The second kappa shape index (κ2) is 3.40. The molecular formula is C6H16NOP. The molecule has 0 amide bonds. The van der Waals surface area contributed by atoms with E-state index >= 15 is 0 Å². The molecule has 2 nitrogen and oxygen atoms in total. The molecule has 1 atom stereocenters. The quantitative estimate of drug-likeness (QED) is 0.564. The third-order valence-corrected chi connectivity index (χ3v) is 3.76. The number of hydrogen-bond acceptors (Lipinski definition) is 2. The van der Waals surface area contributed by atoms with Crippen LogP contribution in [-0.4, -0.2) is 38.3 Å². The van der Waals surface area contributed by atoms with E-state index in [-0.39, 0.29) is 0 Å². The molecule has 0 aliphatic carbocycles. The van der Waals surface area contributed by atoms with Gasteiger partial charge in [0, 0.05) is 6.61 Å². The number of hydrogen-bond donors (Lipinski definition) is 0. The Hall–Kier alpha value is 0.220. The molecule has 0 rings (SSSR count). The van der Waals surface area contributed by atoms with E-state index in [1.807, 2.05) is 21.0 Å². The highest BCUT2D eigenvalue weighted by Gasteiger charge is 2.07. The van der Waals surface area contributed by atoms with Crippen molar-refractivity contribution in [1.29, 1.82) is 0 Å². The van der Waals surface area contributed by atoms with Crippen LogP contribution < -0.4 is 0 Å². The van der Waals surface area contributed by atoms with Gasteiger partial charge in [0.2, 0.25) is 0 Å². The average molecular weight is 149 g/mol. The van der Waals surface area contributed by atoms with Gasteiger partial charge in [-0.15, -0.1) is 0 Å². The van der Waals surface area contributed by atoms with Crippen LogP contribution in [0.2, 0.25) is 0 Å². The van der Waals surface area contributed by atoms with Crippen LogP contribution >= 0.6 is 7.26 Å². The van der Waals surface area contributed by atoms with Gasteiger partial charge in [-0.3, -0.25) is 4.67 Å². The lowest BCUT2D eigenvalue weighted by molar-refractivity contribution is 0.349. The van der Waals surface area contributed by atoms with Crippen molar-refractivity contribution >= 4 is 13.6 Å². The van der Waals surface area contributed by atoms with Crippen molar-refractivity contribution < 1.29 is 4.52 Å². The molecule has 0 heterocycles. The van der Waals surface area contributed by atoms with Gasteiger partial charge in [0.25, 0.3) is 0 Å². The Morgan fingerprint density at radius 1 is 1.56 bits per heavy atom. The smallest absolute Gasteiger partial charge is 0.0596 e. The molecule has 0 radical (unpaired) electrons. The lowest BCUT2D eigenvalue weighted by atomic mass is 10.9. The highest BCUT2D eigenvalue weighted by molar-refractivity contribution is 7.66. The van der Waals surface area contributed by atoms with Gasteiger partial charge >= 0.3 is 0 Å². The Bertz CT molecular complexity index is 122. The van der Waals surface area contributed by atoms with Crippen molar-refractivity contribution in [3.8, 4) is 0 Å². The lowest BCUT2D eigenvalue weighted by Crippen LogP contribution is -2.09. The maximum atomic E-state index is 5.42. The van der Waals surface area contributed by atoms with Crippen LogP contribution in [0.25, 0.3) is 0 Å². The predicted molar refractivity (Wildman–Crippen MR) is 45.3 cm³/mol. The zero-order valence-electron chi connectivity index (χ0n) is 6.72. The first-order chi connectivity index (χ1) is 4.00. The van der Waals surface area contributed by atoms with E-state index in [0.717, 1.165) is 6.61 Å². The molecule has 56 valence electrons. The summed E-state index contributed by atoms with van der Waals surface area (Å²) in [6.07, 6.45) is 3.97. The standard InChI is InChI=1S/C6H16NOP/c1-6-8-9(4,5)7(2)3/h4,6H2,1-3,5H3. The van der Waals surface area contributed by atoms with E-state index in [0.29, 0.717) is 0 Å². The molecule has 3 heteroatoms. The Morgan fingerprint density at radius 2 is 2.00 bits per heavy atom. The Kier molecular flexibility index (Phi) is 3.49. The van der Waals surface area contributed by atoms with E-state index in [2.05, 4.69) is 17.6 Å². The first-order valence-corrected chi connectivity index (χ1v) is 5.33. The van der Waals surface area contributed by atoms with Crippen LogP contribution in [0.15, 0.2) is 0 Å². The van der Waals surface area contributed by atoms with Crippen molar-refractivity contribution in [3.05, 3.63) is 0 Å². The van der Waals surface area contributed by atoms with Crippen LogP contribution in [0, 0.1) is 0 Å². The summed E-state index contributed by atoms with van der Waals surface area (Å²) in [6.45, 7) is 4.80. The van der Waals surface area contributed by atoms with Gasteiger partial charge in [-0.05, 0) is 27.7 Å². The summed E-state index contributed by atoms with van der Waals surface area (Å²) in [5.41, 5.74) is 0. The van der Waals surface area contributed by atoms with E-state index in [9.17, 15) is 0 Å². The fourth-order valence-electron chi connectivity index (χ4n) is 0.394. The molecule has 0 aromatic rings. The van der Waals surface area contributed by atoms with Crippen LogP contribution in [0.4, 0.5) is 0 Å². The van der Waals surface area contributed by atoms with Crippen LogP contribution in [0.3, 0.4) is 0 Å². The van der Waals surface area contributed by atoms with E-state index in [1.54, 1.807) is 0 Å². The summed E-state index contributed by atoms with van der Waals surface area (Å²) in [4.78, 5) is 0. The Morgan fingerprint density at radius 3 is 2.11 bits per heavy atom. The average Bonchev–Trinajstić information content (AvgIpc) is 1.65. The Labute approximate surface area is 57.9 Å². The maximum Gasteiger partial charge on any atom is 0.0596 e. The first-order valence-electron chi connectivity index (χ1n) is 3.04. The Balaban J connectivity index is 3.87. The summed E-state index contributed by atoms with van der Waals surface area (Å²) >= 11 is 0. The normalized spacial score (nSPS) is 17.9. The van der Waals surface area contributed by atoms with Crippen molar-refractivity contribution in [1.82, 2.24) is 4.67 Å². The maximum absolute atomic E-state index is 5.42. The monoisotopic (exact) mass is 149 g/mol. The topological polar surface area (TPSA) is 12.5 Å². The zero-order chi connectivity index (χ0) is 7.49. The molecule has 0 spiro atoms. The molecule has 0 fully saturated rings. The van der Waals surface area contributed by atoms with Crippen LogP contribution in [0.1, 0.15) is 6.92 Å². The molecule has 0 aliphatic heterocycles. The van der Waals surface area contributed by atoms with Gasteiger partial charge in [-0.2, -0.15) is 0 Å². The first kappa shape index (κ1) is 9.22. The van der Waals surface area contributed by atoms with Crippen molar-refractivity contribution in [2.24, 2.45) is 0 Å². The van der Waals surface area contributed by atoms with Crippen molar-refractivity contribution in [2.75, 3.05) is 27.4 Å². The molecule has 0 bridgehead atoms. The van der Waals surface area contributed by atoms with Gasteiger partial charge in [-0.25, -0.2) is 0 Å². The largest absolute Gasteiger partial charge is 0.348 e. The van der Waals surface area contributed by atoms with Crippen molar-refractivity contribution in [2.45, 2.75) is 6.92 Å². The van der Waals surface area contributed by atoms with Crippen LogP contribution in [0.5, 0.6) is 0 Å². The van der Waals surface area contributed by atoms with Gasteiger partial charge in [0.05, 0.1) is 7.26 Å². The molecule has 0 saturated carbocycles. The molecule has 0 aliphatic rings. The second-order valence-electron chi connectivity index (χ2n) is 2.32. The molecule has 1 unspecified atom stereocenters. The highest BCUT2D eigenvalue weighted by Crippen LogP contribution is 2.43. The van der Waals surface area contributed by atoms with E-state index < -0.39 is 7.26 Å². The van der Waals surface area contributed by atoms with E-state index in [4.69, 9.17) is 4.52 Å². The summed E-state index contributed by atoms with van der Waals surface area (Å²) in [6, 6.07) is 0. The second-order valence-corrected chi connectivity index (χ2v) is 5.48. The van der Waals surface area contributed by atoms with Gasteiger partial charge in [-0.1, -0.05) is 6.30 Å². The molecule has 0 N–H and O–H groups in total. The fourth-order valence-corrected chi connectivity index (χ4v) is 1.18. The molecule has 0 aromatic carbocycles. The molecule has 9 heavy (non-hydrogen) atoms. The van der Waals surface area contributed by atoms with Gasteiger partial charge in [0.15, 0.2) is 0 Å². The number of nitrogens with zero attached hydrogens (tertiary/aromatic N) is 1. The summed E-state index contributed by atoms with van der Waals surface area (Å²) in [7, 11) is 2.56. The minimum absolute atomic E-state index is 0.756. The highest BCUT2D eigenvalue weighted by atomic mass is 31.2. The van der Waals surface area contributed by atoms with Gasteiger partial charge < -0.3 is 4.52 Å². The molecule has 0 saturated heterocycles. The fraction of sp³-hybridized carbons (Fsp3) is 0.833. The lowest BCUT2D eigenvalue weighted by Gasteiger charge is -2.25. The van der Waals surface area contributed by atoms with Crippen LogP contribution in [-0.2, 0) is 4.52 Å². The summed E-state index contributed by atoms with van der Waals surface area (Å²) in [5, 5.41) is 0. The SMILES string of the molecule is C=P(C)(OCC)N(C)C. The molecular weight excluding hydrogens is 133 g/mol. The minimum atomic E-state index is -1.43. The summed E-state index contributed by atoms with van der Waals surface area (Å²) in [5.74, 6) is 0. The third-order valence-electron chi connectivity index (χ3n) is 1.25.